The number of phenols is 1. The second kappa shape index (κ2) is 5.21. The van der Waals surface area contributed by atoms with Crippen LogP contribution < -0.4 is 5.32 Å². The molecule has 16 heavy (non-hydrogen) atoms. The van der Waals surface area contributed by atoms with E-state index in [4.69, 9.17) is 0 Å². The van der Waals surface area contributed by atoms with Crippen LogP contribution in [0.3, 0.4) is 0 Å². The molecule has 88 valence electrons. The van der Waals surface area contributed by atoms with Crippen LogP contribution in [0.4, 0.5) is 5.69 Å². The Morgan fingerprint density at radius 3 is 2.81 bits per heavy atom. The number of phenolic OH excluding ortho intramolecular Hbond substituents is 1. The van der Waals surface area contributed by atoms with Crippen LogP contribution in [0, 0.1) is 5.92 Å². The van der Waals surface area contributed by atoms with Crippen molar-refractivity contribution in [2.75, 3.05) is 32.0 Å². The van der Waals surface area contributed by atoms with Gasteiger partial charge in [0.15, 0.2) is 0 Å². The van der Waals surface area contributed by atoms with Gasteiger partial charge in [-0.05, 0) is 56.6 Å². The molecule has 0 radical (unpaired) electrons. The first kappa shape index (κ1) is 11.3. The van der Waals surface area contributed by atoms with Gasteiger partial charge in [0.05, 0.1) is 0 Å². The topological polar surface area (TPSA) is 35.5 Å². The first-order chi connectivity index (χ1) is 7.74. The minimum absolute atomic E-state index is 0.322. The van der Waals surface area contributed by atoms with Crippen LogP contribution in [0.15, 0.2) is 24.3 Å². The van der Waals surface area contributed by atoms with Crippen LogP contribution in [-0.4, -0.2) is 36.7 Å². The third kappa shape index (κ3) is 3.14. The van der Waals surface area contributed by atoms with E-state index in [1.165, 1.54) is 25.9 Å². The normalized spacial score (nSPS) is 21.9. The third-order valence-corrected chi connectivity index (χ3v) is 3.18. The van der Waals surface area contributed by atoms with Crippen molar-refractivity contribution in [3.8, 4) is 5.75 Å². The average molecular weight is 220 g/mol. The Morgan fingerprint density at radius 1 is 1.38 bits per heavy atom. The number of benzene rings is 1. The van der Waals surface area contributed by atoms with E-state index in [1.54, 1.807) is 12.1 Å². The van der Waals surface area contributed by atoms with Crippen molar-refractivity contribution < 1.29 is 5.11 Å². The summed E-state index contributed by atoms with van der Waals surface area (Å²) in [7, 11) is 2.19. The van der Waals surface area contributed by atoms with Gasteiger partial charge in [-0.1, -0.05) is 0 Å². The van der Waals surface area contributed by atoms with Crippen molar-refractivity contribution in [1.82, 2.24) is 4.90 Å². The van der Waals surface area contributed by atoms with E-state index in [-0.39, 0.29) is 0 Å². The van der Waals surface area contributed by atoms with E-state index in [1.807, 2.05) is 12.1 Å². The zero-order valence-electron chi connectivity index (χ0n) is 9.82. The van der Waals surface area contributed by atoms with E-state index < -0.39 is 0 Å². The van der Waals surface area contributed by atoms with Crippen molar-refractivity contribution >= 4 is 5.69 Å². The molecule has 1 unspecified atom stereocenters. The molecule has 1 atom stereocenters. The van der Waals surface area contributed by atoms with Crippen molar-refractivity contribution in [3.05, 3.63) is 24.3 Å². The van der Waals surface area contributed by atoms with Crippen LogP contribution >= 0.6 is 0 Å². The molecule has 2 rings (SSSR count). The van der Waals surface area contributed by atoms with Crippen LogP contribution in [0.25, 0.3) is 0 Å². The molecule has 0 aliphatic carbocycles. The lowest BCUT2D eigenvalue weighted by atomic mass is 9.98. The second-order valence-corrected chi connectivity index (χ2v) is 4.70. The Balaban J connectivity index is 1.80. The number of likely N-dealkylation sites (tertiary alicyclic amines) is 1. The third-order valence-electron chi connectivity index (χ3n) is 3.18. The maximum absolute atomic E-state index is 9.17. The Labute approximate surface area is 97.1 Å². The van der Waals surface area contributed by atoms with Crippen molar-refractivity contribution in [2.24, 2.45) is 5.92 Å². The Bertz CT molecular complexity index is 323. The van der Waals surface area contributed by atoms with Gasteiger partial charge in [-0.2, -0.15) is 0 Å². The van der Waals surface area contributed by atoms with Crippen LogP contribution in [-0.2, 0) is 0 Å². The molecule has 1 aromatic rings. The summed E-state index contributed by atoms with van der Waals surface area (Å²) in [5, 5.41) is 12.6. The molecule has 0 aromatic heterocycles. The lowest BCUT2D eigenvalue weighted by molar-refractivity contribution is 0.217. The molecule has 2 N–H and O–H groups in total. The van der Waals surface area contributed by atoms with Gasteiger partial charge in [0.1, 0.15) is 5.75 Å². The fraction of sp³-hybridized carbons (Fsp3) is 0.538. The minimum atomic E-state index is 0.322. The second-order valence-electron chi connectivity index (χ2n) is 4.70. The molecule has 1 aliphatic rings. The van der Waals surface area contributed by atoms with E-state index in [9.17, 15) is 5.11 Å². The molecule has 0 amide bonds. The largest absolute Gasteiger partial charge is 0.508 e. The number of aromatic hydroxyl groups is 1. The molecule has 3 nitrogen and oxygen atoms in total. The lowest BCUT2D eigenvalue weighted by Crippen LogP contribution is -2.35. The number of anilines is 1. The monoisotopic (exact) mass is 220 g/mol. The lowest BCUT2D eigenvalue weighted by Gasteiger charge is -2.29. The summed E-state index contributed by atoms with van der Waals surface area (Å²) in [6.45, 7) is 3.44. The molecule has 0 saturated carbocycles. The summed E-state index contributed by atoms with van der Waals surface area (Å²) < 4.78 is 0. The van der Waals surface area contributed by atoms with Gasteiger partial charge in [-0.25, -0.2) is 0 Å². The van der Waals surface area contributed by atoms with Crippen LogP contribution in [0.2, 0.25) is 0 Å². The van der Waals surface area contributed by atoms with Gasteiger partial charge in [0, 0.05) is 18.8 Å². The van der Waals surface area contributed by atoms with Crippen LogP contribution in [0.1, 0.15) is 12.8 Å². The zero-order chi connectivity index (χ0) is 11.4. The van der Waals surface area contributed by atoms with E-state index in [0.717, 1.165) is 18.2 Å². The first-order valence-electron chi connectivity index (χ1n) is 5.95. The van der Waals surface area contributed by atoms with Crippen molar-refractivity contribution in [1.29, 1.82) is 0 Å². The Hall–Kier alpha value is -1.22. The highest BCUT2D eigenvalue weighted by atomic mass is 16.3. The minimum Gasteiger partial charge on any atom is -0.508 e. The van der Waals surface area contributed by atoms with Crippen molar-refractivity contribution in [2.45, 2.75) is 12.8 Å². The van der Waals surface area contributed by atoms with Crippen molar-refractivity contribution in [3.63, 3.8) is 0 Å². The molecule has 1 heterocycles. The number of hydrogen-bond donors (Lipinski definition) is 2. The van der Waals surface area contributed by atoms with Gasteiger partial charge in [-0.3, -0.25) is 0 Å². The molecule has 1 fully saturated rings. The quantitative estimate of drug-likeness (QED) is 0.766. The van der Waals surface area contributed by atoms with Gasteiger partial charge >= 0.3 is 0 Å². The molecule has 1 aliphatic heterocycles. The van der Waals surface area contributed by atoms with Gasteiger partial charge in [0.2, 0.25) is 0 Å². The Morgan fingerprint density at radius 2 is 2.12 bits per heavy atom. The maximum atomic E-state index is 9.17. The first-order valence-corrected chi connectivity index (χ1v) is 5.95. The molecule has 0 bridgehead atoms. The molecule has 3 heteroatoms. The van der Waals surface area contributed by atoms with Crippen LogP contribution in [0.5, 0.6) is 5.75 Å². The van der Waals surface area contributed by atoms with E-state index in [0.29, 0.717) is 5.75 Å². The number of nitrogens with one attached hydrogen (secondary N) is 1. The summed E-state index contributed by atoms with van der Waals surface area (Å²) >= 11 is 0. The zero-order valence-corrected chi connectivity index (χ0v) is 9.82. The smallest absolute Gasteiger partial charge is 0.115 e. The number of nitrogens with zero attached hydrogens (tertiary/aromatic N) is 1. The SMILES string of the molecule is CN1CCCC(CNc2ccc(O)cc2)C1. The maximum Gasteiger partial charge on any atom is 0.115 e. The molecule has 1 saturated heterocycles. The Kier molecular flexibility index (Phi) is 3.67. The number of piperidine rings is 1. The van der Waals surface area contributed by atoms with Gasteiger partial charge < -0.3 is 15.3 Å². The summed E-state index contributed by atoms with van der Waals surface area (Å²) in [6.07, 6.45) is 2.62. The highest BCUT2D eigenvalue weighted by Crippen LogP contribution is 2.18. The predicted octanol–water partition coefficient (Wildman–Crippen LogP) is 2.15. The van der Waals surface area contributed by atoms with E-state index >= 15 is 0 Å². The van der Waals surface area contributed by atoms with Gasteiger partial charge in [0.25, 0.3) is 0 Å². The summed E-state index contributed by atoms with van der Waals surface area (Å²) in [5.41, 5.74) is 1.09. The highest BCUT2D eigenvalue weighted by Gasteiger charge is 2.16. The summed E-state index contributed by atoms with van der Waals surface area (Å²) in [5.74, 6) is 1.07. The highest BCUT2D eigenvalue weighted by molar-refractivity contribution is 5.45. The predicted molar refractivity (Wildman–Crippen MR) is 66.8 cm³/mol. The molecule has 1 aromatic carbocycles. The number of hydrogen-bond acceptors (Lipinski definition) is 3. The molecular formula is C13H20N2O. The van der Waals surface area contributed by atoms with Gasteiger partial charge in [-0.15, -0.1) is 0 Å². The molecular weight excluding hydrogens is 200 g/mol. The molecule has 0 spiro atoms. The standard InChI is InChI=1S/C13H20N2O/c1-15-8-2-3-11(10-15)9-14-12-4-6-13(16)7-5-12/h4-7,11,14,16H,2-3,8-10H2,1H3. The average Bonchev–Trinajstić information content (AvgIpc) is 2.28. The number of rotatable bonds is 3. The summed E-state index contributed by atoms with van der Waals surface area (Å²) in [4.78, 5) is 2.40. The fourth-order valence-corrected chi connectivity index (χ4v) is 2.28. The van der Waals surface area contributed by atoms with E-state index in [2.05, 4.69) is 17.3 Å². The summed E-state index contributed by atoms with van der Waals surface area (Å²) in [6, 6.07) is 7.27. The fourth-order valence-electron chi connectivity index (χ4n) is 2.28.